The van der Waals surface area contributed by atoms with Crippen LogP contribution in [0.2, 0.25) is 5.28 Å². The first-order valence-corrected chi connectivity index (χ1v) is 4.43. The van der Waals surface area contributed by atoms with Crippen molar-refractivity contribution in [1.29, 1.82) is 0 Å². The zero-order valence-electron chi connectivity index (χ0n) is 7.24. The summed E-state index contributed by atoms with van der Waals surface area (Å²) < 4.78 is 0. The summed E-state index contributed by atoms with van der Waals surface area (Å²) >= 11 is 5.70. The number of phenolic OH excluding ortho intramolecular Hbond substituents is 1. The predicted molar refractivity (Wildman–Crippen MR) is 54.1 cm³/mol. The molecular formula is C9H8ClN3O. The fourth-order valence-corrected chi connectivity index (χ4v) is 1.50. The number of benzene rings is 1. The van der Waals surface area contributed by atoms with Gasteiger partial charge in [-0.05, 0) is 23.7 Å². The highest BCUT2D eigenvalue weighted by Crippen LogP contribution is 2.21. The van der Waals surface area contributed by atoms with E-state index in [1.807, 2.05) is 0 Å². The molecule has 0 saturated heterocycles. The van der Waals surface area contributed by atoms with E-state index in [1.165, 1.54) is 6.07 Å². The molecule has 2 aromatic rings. The molecule has 3 N–H and O–H groups in total. The Kier molecular flexibility index (Phi) is 2.23. The smallest absolute Gasteiger partial charge is 0.223 e. The molecule has 1 aromatic carbocycles. The Hall–Kier alpha value is -1.39. The maximum Gasteiger partial charge on any atom is 0.223 e. The summed E-state index contributed by atoms with van der Waals surface area (Å²) in [5.74, 6) is 0.148. The van der Waals surface area contributed by atoms with Crippen LogP contribution in [-0.2, 0) is 6.54 Å². The van der Waals surface area contributed by atoms with Crippen molar-refractivity contribution < 1.29 is 5.11 Å². The number of halogens is 1. The molecule has 1 heterocycles. The second-order valence-electron chi connectivity index (χ2n) is 2.84. The van der Waals surface area contributed by atoms with E-state index in [9.17, 15) is 5.11 Å². The van der Waals surface area contributed by atoms with Crippen LogP contribution >= 0.6 is 11.6 Å². The van der Waals surface area contributed by atoms with E-state index in [4.69, 9.17) is 17.3 Å². The minimum absolute atomic E-state index is 0.142. The van der Waals surface area contributed by atoms with Crippen LogP contribution in [0.15, 0.2) is 18.2 Å². The van der Waals surface area contributed by atoms with E-state index in [-0.39, 0.29) is 11.0 Å². The molecule has 0 atom stereocenters. The van der Waals surface area contributed by atoms with Crippen molar-refractivity contribution in [3.8, 4) is 5.75 Å². The van der Waals surface area contributed by atoms with Crippen molar-refractivity contribution in [2.24, 2.45) is 5.73 Å². The lowest BCUT2D eigenvalue weighted by molar-refractivity contribution is 0.476. The second-order valence-corrected chi connectivity index (χ2v) is 3.18. The second kappa shape index (κ2) is 3.40. The van der Waals surface area contributed by atoms with Crippen LogP contribution in [0.5, 0.6) is 5.75 Å². The molecule has 4 nitrogen and oxygen atoms in total. The number of hydrogen-bond acceptors (Lipinski definition) is 4. The number of rotatable bonds is 1. The largest absolute Gasteiger partial charge is 0.508 e. The Labute approximate surface area is 85.4 Å². The molecule has 0 amide bonds. The molecule has 0 bridgehead atoms. The zero-order valence-corrected chi connectivity index (χ0v) is 7.99. The summed E-state index contributed by atoms with van der Waals surface area (Å²) in [5, 5.41) is 10.2. The number of nitrogens with zero attached hydrogens (tertiary/aromatic N) is 2. The lowest BCUT2D eigenvalue weighted by Crippen LogP contribution is -2.02. The molecule has 0 radical (unpaired) electrons. The van der Waals surface area contributed by atoms with Crippen molar-refractivity contribution in [3.05, 3.63) is 29.2 Å². The normalized spacial score (nSPS) is 10.7. The van der Waals surface area contributed by atoms with Crippen LogP contribution < -0.4 is 5.73 Å². The lowest BCUT2D eigenvalue weighted by atomic mass is 10.2. The highest BCUT2D eigenvalue weighted by Gasteiger charge is 2.05. The van der Waals surface area contributed by atoms with Gasteiger partial charge in [0.25, 0.3) is 0 Å². The molecule has 1 aromatic heterocycles. The summed E-state index contributed by atoms with van der Waals surface area (Å²) in [6, 6.07) is 4.82. The Morgan fingerprint density at radius 3 is 2.86 bits per heavy atom. The Morgan fingerprint density at radius 1 is 1.36 bits per heavy atom. The average Bonchev–Trinajstić information content (AvgIpc) is 2.15. The van der Waals surface area contributed by atoms with Gasteiger partial charge in [0, 0.05) is 18.0 Å². The third-order valence-electron chi connectivity index (χ3n) is 1.93. The van der Waals surface area contributed by atoms with Crippen LogP contribution in [0.25, 0.3) is 10.9 Å². The van der Waals surface area contributed by atoms with Gasteiger partial charge in [0.05, 0.1) is 11.2 Å². The van der Waals surface area contributed by atoms with Gasteiger partial charge in [-0.3, -0.25) is 0 Å². The molecule has 0 unspecified atom stereocenters. The first-order valence-electron chi connectivity index (χ1n) is 4.06. The Balaban J connectivity index is 2.81. The molecule has 2 rings (SSSR count). The minimum Gasteiger partial charge on any atom is -0.508 e. The van der Waals surface area contributed by atoms with Crippen molar-refractivity contribution in [1.82, 2.24) is 9.97 Å². The molecule has 0 spiro atoms. The van der Waals surface area contributed by atoms with E-state index < -0.39 is 0 Å². The number of aromatic hydroxyl groups is 1. The first kappa shape index (κ1) is 9.18. The Bertz CT molecular complexity index is 481. The third-order valence-corrected chi connectivity index (χ3v) is 2.09. The SMILES string of the molecule is NCc1nc(Cl)nc2cc(O)ccc12. The van der Waals surface area contributed by atoms with Gasteiger partial charge in [-0.25, -0.2) is 9.97 Å². The van der Waals surface area contributed by atoms with Gasteiger partial charge in [0.2, 0.25) is 5.28 Å². The lowest BCUT2D eigenvalue weighted by Gasteiger charge is -2.03. The van der Waals surface area contributed by atoms with Gasteiger partial charge in [-0.15, -0.1) is 0 Å². The van der Waals surface area contributed by atoms with Crippen LogP contribution in [0.1, 0.15) is 5.69 Å². The predicted octanol–water partition coefficient (Wildman–Crippen LogP) is 1.45. The molecule has 0 aliphatic heterocycles. The third kappa shape index (κ3) is 1.49. The monoisotopic (exact) mass is 209 g/mol. The fourth-order valence-electron chi connectivity index (χ4n) is 1.31. The van der Waals surface area contributed by atoms with Crippen molar-refractivity contribution in [2.75, 3.05) is 0 Å². The van der Waals surface area contributed by atoms with Gasteiger partial charge in [0.15, 0.2) is 0 Å². The van der Waals surface area contributed by atoms with E-state index >= 15 is 0 Å². The molecule has 0 fully saturated rings. The zero-order chi connectivity index (χ0) is 10.1. The molecule has 0 saturated carbocycles. The Morgan fingerprint density at radius 2 is 2.14 bits per heavy atom. The van der Waals surface area contributed by atoms with Crippen molar-refractivity contribution >= 4 is 22.5 Å². The van der Waals surface area contributed by atoms with Gasteiger partial charge in [-0.1, -0.05) is 0 Å². The highest BCUT2D eigenvalue weighted by molar-refractivity contribution is 6.28. The summed E-state index contributed by atoms with van der Waals surface area (Å²) in [4.78, 5) is 7.98. The summed E-state index contributed by atoms with van der Waals surface area (Å²) in [6.45, 7) is 0.295. The highest BCUT2D eigenvalue weighted by atomic mass is 35.5. The van der Waals surface area contributed by atoms with Crippen LogP contribution in [0.3, 0.4) is 0 Å². The van der Waals surface area contributed by atoms with Gasteiger partial charge >= 0.3 is 0 Å². The molecule has 0 aliphatic carbocycles. The number of hydrogen-bond donors (Lipinski definition) is 2. The summed E-state index contributed by atoms with van der Waals surface area (Å²) in [5.41, 5.74) is 6.79. The molecule has 14 heavy (non-hydrogen) atoms. The minimum atomic E-state index is 0.142. The molecule has 72 valence electrons. The molecule has 0 aliphatic rings. The van der Waals surface area contributed by atoms with Crippen molar-refractivity contribution in [2.45, 2.75) is 6.54 Å². The maximum atomic E-state index is 9.25. The van der Waals surface area contributed by atoms with E-state index in [2.05, 4.69) is 9.97 Å². The summed E-state index contributed by atoms with van der Waals surface area (Å²) in [7, 11) is 0. The molecule has 5 heteroatoms. The van der Waals surface area contributed by atoms with Crippen LogP contribution in [0.4, 0.5) is 0 Å². The number of phenols is 1. The number of fused-ring (bicyclic) bond motifs is 1. The van der Waals surface area contributed by atoms with Crippen LogP contribution in [-0.4, -0.2) is 15.1 Å². The quantitative estimate of drug-likeness (QED) is 0.698. The van der Waals surface area contributed by atoms with Gasteiger partial charge in [-0.2, -0.15) is 0 Å². The van der Waals surface area contributed by atoms with E-state index in [0.29, 0.717) is 17.8 Å². The fraction of sp³-hybridized carbons (Fsp3) is 0.111. The van der Waals surface area contributed by atoms with Gasteiger partial charge in [0.1, 0.15) is 5.75 Å². The standard InChI is InChI=1S/C9H8ClN3O/c10-9-12-7-3-5(14)1-2-6(7)8(4-11)13-9/h1-3,14H,4,11H2. The topological polar surface area (TPSA) is 72.0 Å². The van der Waals surface area contributed by atoms with E-state index in [0.717, 1.165) is 5.39 Å². The summed E-state index contributed by atoms with van der Waals surface area (Å²) in [6.07, 6.45) is 0. The first-order chi connectivity index (χ1) is 6.70. The number of aromatic nitrogens is 2. The van der Waals surface area contributed by atoms with Crippen molar-refractivity contribution in [3.63, 3.8) is 0 Å². The average molecular weight is 210 g/mol. The molecular weight excluding hydrogens is 202 g/mol. The number of nitrogens with two attached hydrogens (primary N) is 1. The van der Waals surface area contributed by atoms with Crippen LogP contribution in [0, 0.1) is 0 Å². The maximum absolute atomic E-state index is 9.25. The van der Waals surface area contributed by atoms with Gasteiger partial charge < -0.3 is 10.8 Å². The van der Waals surface area contributed by atoms with E-state index in [1.54, 1.807) is 12.1 Å².